The molecule has 0 aliphatic carbocycles. The van der Waals surface area contributed by atoms with Gasteiger partial charge in [0.25, 0.3) is 0 Å². The number of benzene rings is 1. The van der Waals surface area contributed by atoms with Crippen molar-refractivity contribution in [3.05, 3.63) is 34.9 Å². The Morgan fingerprint density at radius 1 is 1.07 bits per heavy atom. The number of methoxy groups -OCH3 is 1. The Hall–Kier alpha value is -2.28. The zero-order chi connectivity index (χ0) is 19.4. The summed E-state index contributed by atoms with van der Waals surface area (Å²) in [6.07, 6.45) is -0.424. The zero-order valence-electron chi connectivity index (χ0n) is 16.3. The van der Waals surface area contributed by atoms with Gasteiger partial charge in [-0.15, -0.1) is 0 Å². The fraction of sp³-hybridized carbons (Fsp3) is 0.600. The van der Waals surface area contributed by atoms with Crippen molar-refractivity contribution >= 4 is 12.2 Å². The van der Waals surface area contributed by atoms with Crippen molar-refractivity contribution in [3.63, 3.8) is 0 Å². The number of carbonyl (C=O) groups is 2. The molecule has 3 rings (SSSR count). The Morgan fingerprint density at radius 3 is 2.48 bits per heavy atom. The molecule has 0 aromatic heterocycles. The van der Waals surface area contributed by atoms with Gasteiger partial charge in [-0.25, -0.2) is 9.59 Å². The third-order valence-electron chi connectivity index (χ3n) is 5.40. The quantitative estimate of drug-likeness (QED) is 0.743. The highest BCUT2D eigenvalue weighted by Crippen LogP contribution is 2.30. The van der Waals surface area contributed by atoms with Gasteiger partial charge in [-0.3, -0.25) is 0 Å². The smallest absolute Gasteiger partial charge is 0.438 e. The standard InChI is InChI=1S/C20H28N2O5/c1-14-4-5-16(10-15(14)2)17-11-18(27-20(24)25-3)13-22(12-17)19(23)21-6-8-26-9-7-21/h4-5,10,17-18H,6-9,11-13H2,1-3H3. The minimum atomic E-state index is -0.709. The van der Waals surface area contributed by atoms with Crippen LogP contribution in [-0.2, 0) is 14.2 Å². The van der Waals surface area contributed by atoms with Gasteiger partial charge in [-0.2, -0.15) is 0 Å². The number of morpholine rings is 1. The third kappa shape index (κ3) is 4.71. The monoisotopic (exact) mass is 376 g/mol. The minimum Gasteiger partial charge on any atom is -0.438 e. The maximum Gasteiger partial charge on any atom is 0.508 e. The number of likely N-dealkylation sites (tertiary alicyclic amines) is 1. The van der Waals surface area contributed by atoms with Gasteiger partial charge in [0.2, 0.25) is 0 Å². The fourth-order valence-electron chi connectivity index (χ4n) is 3.69. The van der Waals surface area contributed by atoms with Crippen molar-refractivity contribution in [1.82, 2.24) is 9.80 Å². The Labute approximate surface area is 160 Å². The highest BCUT2D eigenvalue weighted by atomic mass is 16.7. The van der Waals surface area contributed by atoms with Crippen LogP contribution in [0.3, 0.4) is 0 Å². The maximum absolute atomic E-state index is 13.0. The van der Waals surface area contributed by atoms with Gasteiger partial charge in [0.05, 0.1) is 26.9 Å². The molecule has 148 valence electrons. The summed E-state index contributed by atoms with van der Waals surface area (Å²) in [6, 6.07) is 6.34. The first-order valence-electron chi connectivity index (χ1n) is 9.41. The van der Waals surface area contributed by atoms with Crippen LogP contribution in [-0.4, -0.2) is 74.6 Å². The average Bonchev–Trinajstić information content (AvgIpc) is 2.69. The largest absolute Gasteiger partial charge is 0.508 e. The van der Waals surface area contributed by atoms with Crippen molar-refractivity contribution in [2.45, 2.75) is 32.3 Å². The molecule has 2 unspecified atom stereocenters. The number of nitrogens with zero attached hydrogens (tertiary/aromatic N) is 2. The molecule has 2 amide bonds. The molecule has 0 saturated carbocycles. The van der Waals surface area contributed by atoms with Gasteiger partial charge in [0.15, 0.2) is 0 Å². The average molecular weight is 376 g/mol. The number of amides is 2. The zero-order valence-corrected chi connectivity index (χ0v) is 16.3. The fourth-order valence-corrected chi connectivity index (χ4v) is 3.69. The summed E-state index contributed by atoms with van der Waals surface area (Å²) in [5.41, 5.74) is 3.61. The van der Waals surface area contributed by atoms with E-state index in [9.17, 15) is 9.59 Å². The summed E-state index contributed by atoms with van der Waals surface area (Å²) in [7, 11) is 1.29. The highest BCUT2D eigenvalue weighted by Gasteiger charge is 2.35. The molecule has 2 heterocycles. The molecule has 7 nitrogen and oxygen atoms in total. The van der Waals surface area contributed by atoms with E-state index in [0.717, 1.165) is 5.56 Å². The number of piperidine rings is 1. The SMILES string of the molecule is COC(=O)OC1CC(c2ccc(C)c(C)c2)CN(C(=O)N2CCOCC2)C1. The molecule has 0 radical (unpaired) electrons. The maximum atomic E-state index is 13.0. The summed E-state index contributed by atoms with van der Waals surface area (Å²) in [4.78, 5) is 28.2. The number of urea groups is 1. The lowest BCUT2D eigenvalue weighted by molar-refractivity contribution is -0.00314. The lowest BCUT2D eigenvalue weighted by atomic mass is 9.87. The molecule has 2 aliphatic rings. The lowest BCUT2D eigenvalue weighted by Gasteiger charge is -2.40. The number of hydrogen-bond acceptors (Lipinski definition) is 5. The highest BCUT2D eigenvalue weighted by molar-refractivity contribution is 5.75. The second kappa shape index (κ2) is 8.61. The Kier molecular flexibility index (Phi) is 6.21. The third-order valence-corrected chi connectivity index (χ3v) is 5.40. The van der Waals surface area contributed by atoms with Gasteiger partial charge in [-0.05, 0) is 37.0 Å². The summed E-state index contributed by atoms with van der Waals surface area (Å²) >= 11 is 0. The van der Waals surface area contributed by atoms with Crippen LogP contribution in [0, 0.1) is 13.8 Å². The number of aryl methyl sites for hydroxylation is 2. The summed E-state index contributed by atoms with van der Waals surface area (Å²) < 4.78 is 15.4. The first kappa shape index (κ1) is 19.5. The molecule has 2 fully saturated rings. The molecule has 7 heteroatoms. The van der Waals surface area contributed by atoms with Crippen molar-refractivity contribution in [1.29, 1.82) is 0 Å². The van der Waals surface area contributed by atoms with E-state index in [0.29, 0.717) is 45.8 Å². The summed E-state index contributed by atoms with van der Waals surface area (Å²) in [6.45, 7) is 7.45. The topological polar surface area (TPSA) is 68.3 Å². The van der Waals surface area contributed by atoms with Crippen LogP contribution in [0.15, 0.2) is 18.2 Å². The molecular weight excluding hydrogens is 348 g/mol. The number of rotatable bonds is 2. The van der Waals surface area contributed by atoms with Crippen molar-refractivity contribution in [2.75, 3.05) is 46.5 Å². The molecule has 2 aliphatic heterocycles. The van der Waals surface area contributed by atoms with E-state index in [1.165, 1.54) is 18.2 Å². The first-order chi connectivity index (χ1) is 13.0. The first-order valence-corrected chi connectivity index (χ1v) is 9.41. The van der Waals surface area contributed by atoms with Crippen molar-refractivity contribution in [2.24, 2.45) is 0 Å². The van der Waals surface area contributed by atoms with Crippen LogP contribution in [0.5, 0.6) is 0 Å². The normalized spacial score (nSPS) is 23.1. The second-order valence-corrected chi connectivity index (χ2v) is 7.26. The van der Waals surface area contributed by atoms with E-state index < -0.39 is 6.16 Å². The van der Waals surface area contributed by atoms with E-state index in [1.54, 1.807) is 4.90 Å². The van der Waals surface area contributed by atoms with Gasteiger partial charge < -0.3 is 24.0 Å². The predicted molar refractivity (Wildman–Crippen MR) is 99.9 cm³/mol. The molecule has 0 N–H and O–H groups in total. The van der Waals surface area contributed by atoms with E-state index in [4.69, 9.17) is 9.47 Å². The predicted octanol–water partition coefficient (Wildman–Crippen LogP) is 2.70. The molecule has 2 saturated heterocycles. The van der Waals surface area contributed by atoms with Crippen LogP contribution in [0.4, 0.5) is 9.59 Å². The van der Waals surface area contributed by atoms with Gasteiger partial charge in [-0.1, -0.05) is 18.2 Å². The minimum absolute atomic E-state index is 0.0229. The van der Waals surface area contributed by atoms with Gasteiger partial charge in [0, 0.05) is 25.6 Å². The van der Waals surface area contributed by atoms with Crippen LogP contribution in [0.25, 0.3) is 0 Å². The summed E-state index contributed by atoms with van der Waals surface area (Å²) in [5, 5.41) is 0. The van der Waals surface area contributed by atoms with E-state index in [2.05, 4.69) is 36.8 Å². The molecule has 0 bridgehead atoms. The molecule has 1 aromatic rings. The van der Waals surface area contributed by atoms with Gasteiger partial charge in [0.1, 0.15) is 6.10 Å². The molecule has 2 atom stereocenters. The van der Waals surface area contributed by atoms with Crippen molar-refractivity contribution in [3.8, 4) is 0 Å². The number of carbonyl (C=O) groups excluding carboxylic acids is 2. The Morgan fingerprint density at radius 2 is 1.81 bits per heavy atom. The number of ether oxygens (including phenoxy) is 3. The van der Waals surface area contributed by atoms with Crippen LogP contribution in [0.2, 0.25) is 0 Å². The van der Waals surface area contributed by atoms with E-state index in [1.807, 2.05) is 4.90 Å². The van der Waals surface area contributed by atoms with Gasteiger partial charge >= 0.3 is 12.2 Å². The van der Waals surface area contributed by atoms with Crippen molar-refractivity contribution < 1.29 is 23.8 Å². The summed E-state index contributed by atoms with van der Waals surface area (Å²) in [5.74, 6) is 0.109. The number of hydrogen-bond donors (Lipinski definition) is 0. The van der Waals surface area contributed by atoms with E-state index >= 15 is 0 Å². The molecule has 1 aromatic carbocycles. The molecular formula is C20H28N2O5. The lowest BCUT2D eigenvalue weighted by Crippen LogP contribution is -2.54. The molecule has 0 spiro atoms. The second-order valence-electron chi connectivity index (χ2n) is 7.26. The molecule has 27 heavy (non-hydrogen) atoms. The Bertz CT molecular complexity index is 687. The van der Waals surface area contributed by atoms with Crippen LogP contribution in [0.1, 0.15) is 29.0 Å². The van der Waals surface area contributed by atoms with Crippen LogP contribution >= 0.6 is 0 Å². The van der Waals surface area contributed by atoms with Crippen LogP contribution < -0.4 is 0 Å². The van der Waals surface area contributed by atoms with E-state index in [-0.39, 0.29) is 18.1 Å². The Balaban J connectivity index is 1.78.